The maximum atomic E-state index is 12.6. The van der Waals surface area contributed by atoms with Gasteiger partial charge in [-0.1, -0.05) is 36.9 Å². The lowest BCUT2D eigenvalue weighted by Gasteiger charge is -2.42. The van der Waals surface area contributed by atoms with Crippen LogP contribution in [-0.4, -0.2) is 84.1 Å². The van der Waals surface area contributed by atoms with E-state index in [9.17, 15) is 10.1 Å². The van der Waals surface area contributed by atoms with Gasteiger partial charge < -0.3 is 24.3 Å². The molecule has 2 saturated heterocycles. The van der Waals surface area contributed by atoms with Gasteiger partial charge in [0, 0.05) is 57.1 Å². The van der Waals surface area contributed by atoms with Gasteiger partial charge in [0.05, 0.1) is 30.8 Å². The van der Waals surface area contributed by atoms with E-state index < -0.39 is 13.8 Å². The van der Waals surface area contributed by atoms with E-state index in [4.69, 9.17) is 22.9 Å². The third-order valence-electron chi connectivity index (χ3n) is 8.59. The maximum absolute atomic E-state index is 12.6. The number of hydrogen-bond donors (Lipinski definition) is 0. The fraction of sp³-hybridized carbons (Fsp3) is 0.455. The van der Waals surface area contributed by atoms with Crippen LogP contribution in [0.25, 0.3) is 10.8 Å². The number of aryl methyl sites for hydroxylation is 1. The quantitative estimate of drug-likeness (QED) is 0.392. The summed E-state index contributed by atoms with van der Waals surface area (Å²) in [7, 11) is 0. The predicted octanol–water partition coefficient (Wildman–Crippen LogP) is 4.09. The lowest BCUT2D eigenvalue weighted by molar-refractivity contribution is -0.128. The van der Waals surface area contributed by atoms with E-state index >= 15 is 0 Å². The number of piperazine rings is 1. The number of amides is 1. The highest BCUT2D eigenvalue weighted by molar-refractivity contribution is 5.97. The highest BCUT2D eigenvalue weighted by atomic mass is 16.5. The third kappa shape index (κ3) is 5.39. The van der Waals surface area contributed by atoms with E-state index in [-0.39, 0.29) is 37.0 Å². The number of ether oxygens (including phenoxy) is 1. The topological polar surface area (TPSA) is 88.8 Å². The minimum Gasteiger partial charge on any atom is -0.462 e. The molecule has 218 valence electrons. The van der Waals surface area contributed by atoms with E-state index in [1.807, 2.05) is 24.3 Å². The standard InChI is InChI=1S/C33H39N7O2/c1-4-30(41)40-19-18-39(20-25(40)13-15-34)32-27-14-17-38(29-12-6-10-24-9-5-8-23(2)31(24)29)21-28(27)35-33(36-32)42-22-26-11-7-16-37(26)3/h4-6,8-10,12,25-26H,1,7,11,13-14,16-22H2,2-3H3/t25-,26-/m0/s1/i2D3,3D3. The van der Waals surface area contributed by atoms with E-state index in [1.54, 1.807) is 17.0 Å². The lowest BCUT2D eigenvalue weighted by Crippen LogP contribution is -2.55. The summed E-state index contributed by atoms with van der Waals surface area (Å²) in [5.74, 6) is 0.449. The van der Waals surface area contributed by atoms with Crippen molar-refractivity contribution >= 4 is 28.2 Å². The molecular weight excluding hydrogens is 526 g/mol. The summed E-state index contributed by atoms with van der Waals surface area (Å²) in [6, 6.07) is 12.8. The number of rotatable bonds is 7. The van der Waals surface area contributed by atoms with Gasteiger partial charge in [-0.25, -0.2) is 0 Å². The molecule has 42 heavy (non-hydrogen) atoms. The molecule has 0 bridgehead atoms. The number of carbonyl (C=O) groups excluding carboxylic acids is 1. The third-order valence-corrected chi connectivity index (χ3v) is 8.59. The van der Waals surface area contributed by atoms with Gasteiger partial charge >= 0.3 is 6.01 Å². The van der Waals surface area contributed by atoms with E-state index in [1.165, 1.54) is 11.0 Å². The lowest BCUT2D eigenvalue weighted by atomic mass is 9.99. The monoisotopic (exact) mass is 571 g/mol. The fourth-order valence-electron chi connectivity index (χ4n) is 6.42. The van der Waals surface area contributed by atoms with Gasteiger partial charge in [-0.15, -0.1) is 0 Å². The zero-order chi connectivity index (χ0) is 34.2. The van der Waals surface area contributed by atoms with Crippen LogP contribution < -0.4 is 14.5 Å². The van der Waals surface area contributed by atoms with Crippen molar-refractivity contribution in [2.24, 2.45) is 0 Å². The molecule has 3 aliphatic heterocycles. The van der Waals surface area contributed by atoms with Crippen molar-refractivity contribution in [1.29, 1.82) is 5.26 Å². The normalized spacial score (nSPS) is 23.5. The number of aromatic nitrogens is 2. The molecule has 2 fully saturated rings. The summed E-state index contributed by atoms with van der Waals surface area (Å²) in [6.45, 7) is 1.90. The van der Waals surface area contributed by atoms with Gasteiger partial charge in [-0.3, -0.25) is 4.79 Å². The Bertz CT molecular complexity index is 1740. The van der Waals surface area contributed by atoms with E-state index in [0.717, 1.165) is 28.8 Å². The molecule has 9 nitrogen and oxygen atoms in total. The highest BCUT2D eigenvalue weighted by Crippen LogP contribution is 2.36. The maximum Gasteiger partial charge on any atom is 0.318 e. The molecule has 2 aromatic carbocycles. The Morgan fingerprint density at radius 2 is 2.05 bits per heavy atom. The number of anilines is 2. The molecule has 2 atom stereocenters. The summed E-state index contributed by atoms with van der Waals surface area (Å²) in [6.07, 6.45) is 3.44. The van der Waals surface area contributed by atoms with Crippen LogP contribution in [0.2, 0.25) is 0 Å². The molecular formula is C33H39N7O2. The van der Waals surface area contributed by atoms with Crippen LogP contribution in [0.15, 0.2) is 49.1 Å². The smallest absolute Gasteiger partial charge is 0.318 e. The second-order valence-electron chi connectivity index (χ2n) is 11.1. The summed E-state index contributed by atoms with van der Waals surface area (Å²) in [5.41, 5.74) is 2.75. The second-order valence-corrected chi connectivity index (χ2v) is 11.1. The average molecular weight is 572 g/mol. The van der Waals surface area contributed by atoms with Crippen molar-refractivity contribution < 1.29 is 17.8 Å². The molecule has 9 heteroatoms. The first-order chi connectivity index (χ1) is 22.9. The average Bonchev–Trinajstić information content (AvgIpc) is 3.55. The van der Waals surface area contributed by atoms with Crippen LogP contribution in [0, 0.1) is 18.2 Å². The minimum atomic E-state index is -2.29. The first kappa shape index (κ1) is 21.5. The van der Waals surface area contributed by atoms with Crippen molar-refractivity contribution in [2.75, 3.05) is 56.1 Å². The van der Waals surface area contributed by atoms with Gasteiger partial charge in [0.1, 0.15) is 12.4 Å². The Labute approximate surface area is 256 Å². The summed E-state index contributed by atoms with van der Waals surface area (Å²) >= 11 is 0. The number of benzene rings is 2. The van der Waals surface area contributed by atoms with Crippen LogP contribution in [0.1, 0.15) is 44.3 Å². The highest BCUT2D eigenvalue weighted by Gasteiger charge is 2.33. The summed E-state index contributed by atoms with van der Waals surface area (Å²) < 4.78 is 54.6. The molecule has 1 aromatic heterocycles. The number of nitriles is 1. The van der Waals surface area contributed by atoms with Gasteiger partial charge in [-0.05, 0) is 62.7 Å². The van der Waals surface area contributed by atoms with Gasteiger partial charge in [-0.2, -0.15) is 15.2 Å². The molecule has 0 radical (unpaired) electrons. The molecule has 0 unspecified atom stereocenters. The van der Waals surface area contributed by atoms with Crippen molar-refractivity contribution in [3.05, 3.63) is 65.9 Å². The Morgan fingerprint density at radius 3 is 2.86 bits per heavy atom. The van der Waals surface area contributed by atoms with Crippen molar-refractivity contribution in [3.8, 4) is 12.1 Å². The van der Waals surface area contributed by atoms with Crippen molar-refractivity contribution in [3.63, 3.8) is 0 Å². The Morgan fingerprint density at radius 1 is 1.17 bits per heavy atom. The number of fused-ring (bicyclic) bond motifs is 2. The Kier molecular flexibility index (Phi) is 6.14. The molecule has 0 N–H and O–H groups in total. The largest absolute Gasteiger partial charge is 0.462 e. The first-order valence-corrected chi connectivity index (χ1v) is 14.5. The molecule has 0 aliphatic carbocycles. The van der Waals surface area contributed by atoms with Crippen LogP contribution in [-0.2, 0) is 17.8 Å². The minimum absolute atomic E-state index is 0.115. The molecule has 0 saturated carbocycles. The summed E-state index contributed by atoms with van der Waals surface area (Å²) in [5, 5.41) is 11.1. The molecule has 0 spiro atoms. The van der Waals surface area contributed by atoms with E-state index in [2.05, 4.69) is 22.4 Å². The van der Waals surface area contributed by atoms with Crippen LogP contribution in [0.3, 0.4) is 0 Å². The van der Waals surface area contributed by atoms with Gasteiger partial charge in [0.15, 0.2) is 0 Å². The van der Waals surface area contributed by atoms with Crippen LogP contribution in [0.5, 0.6) is 6.01 Å². The fourth-order valence-corrected chi connectivity index (χ4v) is 6.42. The zero-order valence-corrected chi connectivity index (χ0v) is 23.6. The SMILES string of the molecule is [2H]C([2H])([2H])c1cccc2cccc(N3CCc4c(nc(OC[C@@H]5CCCN5C([2H])([2H])[2H])nc4N4CCN(C(=O)C=C)[C@@H](CC#N)C4)C3)c12. The van der Waals surface area contributed by atoms with Crippen molar-refractivity contribution in [1.82, 2.24) is 19.8 Å². The molecule has 1 amide bonds. The number of nitrogens with zero attached hydrogens (tertiary/aromatic N) is 7. The van der Waals surface area contributed by atoms with Gasteiger partial charge in [0.2, 0.25) is 5.91 Å². The molecule has 6 rings (SSSR count). The number of likely N-dealkylation sites (N-methyl/N-ethyl adjacent to an activating group) is 1. The molecule has 3 aliphatic rings. The van der Waals surface area contributed by atoms with E-state index in [0.29, 0.717) is 68.9 Å². The number of carbonyl (C=O) groups is 1. The molecule has 3 aromatic rings. The first-order valence-electron chi connectivity index (χ1n) is 17.5. The summed E-state index contributed by atoms with van der Waals surface area (Å²) in [4.78, 5) is 29.7. The predicted molar refractivity (Wildman–Crippen MR) is 165 cm³/mol. The Hall–Kier alpha value is -4.16. The number of likely N-dealkylation sites (tertiary alicyclic amines) is 1. The van der Waals surface area contributed by atoms with Gasteiger partial charge in [0.25, 0.3) is 0 Å². The van der Waals surface area contributed by atoms with Crippen molar-refractivity contribution in [2.45, 2.75) is 51.2 Å². The zero-order valence-electron chi connectivity index (χ0n) is 29.6. The van der Waals surface area contributed by atoms with Crippen LogP contribution in [0.4, 0.5) is 11.5 Å². The second kappa shape index (κ2) is 12.0. The molecule has 4 heterocycles. The van der Waals surface area contributed by atoms with Crippen LogP contribution >= 0.6 is 0 Å². The number of hydrogen-bond acceptors (Lipinski definition) is 8. The Balaban J connectivity index is 1.36.